The van der Waals surface area contributed by atoms with E-state index >= 15 is 0 Å². The summed E-state index contributed by atoms with van der Waals surface area (Å²) < 4.78 is 5.77. The molecule has 2 rings (SSSR count). The maximum Gasteiger partial charge on any atom is 0.107 e. The van der Waals surface area contributed by atoms with Gasteiger partial charge < -0.3 is 4.42 Å². The van der Waals surface area contributed by atoms with Gasteiger partial charge >= 0.3 is 0 Å². The third-order valence-corrected chi connectivity index (χ3v) is 3.04. The van der Waals surface area contributed by atoms with Crippen LogP contribution < -0.4 is 0 Å². The van der Waals surface area contributed by atoms with E-state index in [4.69, 9.17) is 4.42 Å². The zero-order valence-electron chi connectivity index (χ0n) is 8.38. The molecule has 0 N–H and O–H groups in total. The SMILES string of the molecule is CCc1ccc(C2CCCCC2)o1. The highest BCUT2D eigenvalue weighted by Crippen LogP contribution is 2.33. The van der Waals surface area contributed by atoms with Crippen LogP contribution in [-0.4, -0.2) is 0 Å². The molecule has 1 aliphatic carbocycles. The van der Waals surface area contributed by atoms with Gasteiger partial charge in [-0.05, 0) is 25.0 Å². The minimum Gasteiger partial charge on any atom is -0.466 e. The Balaban J connectivity index is 2.05. The molecule has 1 nitrogen and oxygen atoms in total. The largest absolute Gasteiger partial charge is 0.466 e. The molecule has 1 aliphatic rings. The fraction of sp³-hybridized carbons (Fsp3) is 0.667. The Morgan fingerprint density at radius 1 is 1.23 bits per heavy atom. The van der Waals surface area contributed by atoms with Crippen molar-refractivity contribution in [2.24, 2.45) is 0 Å². The van der Waals surface area contributed by atoms with Crippen LogP contribution in [0.25, 0.3) is 0 Å². The maximum absolute atomic E-state index is 5.77. The molecule has 1 heterocycles. The highest BCUT2D eigenvalue weighted by Gasteiger charge is 2.18. The van der Waals surface area contributed by atoms with Crippen LogP contribution in [0.15, 0.2) is 16.5 Å². The van der Waals surface area contributed by atoms with Crippen LogP contribution in [0.5, 0.6) is 0 Å². The molecule has 13 heavy (non-hydrogen) atoms. The van der Waals surface area contributed by atoms with E-state index in [9.17, 15) is 0 Å². The predicted octanol–water partition coefficient (Wildman–Crippen LogP) is 3.89. The second-order valence-electron chi connectivity index (χ2n) is 3.99. The van der Waals surface area contributed by atoms with Crippen LogP contribution in [-0.2, 0) is 6.42 Å². The van der Waals surface area contributed by atoms with Crippen molar-refractivity contribution < 1.29 is 4.42 Å². The third kappa shape index (κ3) is 1.96. The van der Waals surface area contributed by atoms with E-state index in [1.54, 1.807) is 0 Å². The van der Waals surface area contributed by atoms with Crippen molar-refractivity contribution in [3.05, 3.63) is 23.7 Å². The van der Waals surface area contributed by atoms with Gasteiger partial charge in [-0.25, -0.2) is 0 Å². The Morgan fingerprint density at radius 2 is 2.00 bits per heavy atom. The van der Waals surface area contributed by atoms with Crippen LogP contribution in [0.3, 0.4) is 0 Å². The quantitative estimate of drug-likeness (QED) is 0.669. The van der Waals surface area contributed by atoms with Gasteiger partial charge in [0.2, 0.25) is 0 Å². The summed E-state index contributed by atoms with van der Waals surface area (Å²) in [6.45, 7) is 2.14. The lowest BCUT2D eigenvalue weighted by Crippen LogP contribution is -2.02. The van der Waals surface area contributed by atoms with Crippen molar-refractivity contribution in [3.8, 4) is 0 Å². The number of hydrogen-bond acceptors (Lipinski definition) is 1. The minimum atomic E-state index is 0.717. The van der Waals surface area contributed by atoms with E-state index in [0.29, 0.717) is 5.92 Å². The van der Waals surface area contributed by atoms with Crippen molar-refractivity contribution in [3.63, 3.8) is 0 Å². The van der Waals surface area contributed by atoms with Crippen molar-refractivity contribution in [2.45, 2.75) is 51.4 Å². The van der Waals surface area contributed by atoms with Gasteiger partial charge in [-0.15, -0.1) is 0 Å². The highest BCUT2D eigenvalue weighted by molar-refractivity contribution is 5.11. The van der Waals surface area contributed by atoms with Gasteiger partial charge in [0, 0.05) is 12.3 Å². The number of rotatable bonds is 2. The Hall–Kier alpha value is -0.720. The van der Waals surface area contributed by atoms with Gasteiger partial charge in [-0.3, -0.25) is 0 Å². The molecule has 0 radical (unpaired) electrons. The second-order valence-corrected chi connectivity index (χ2v) is 3.99. The standard InChI is InChI=1S/C12H18O/c1-2-11-8-9-12(13-11)10-6-4-3-5-7-10/h8-10H,2-7H2,1H3. The fourth-order valence-corrected chi connectivity index (χ4v) is 2.19. The summed E-state index contributed by atoms with van der Waals surface area (Å²) in [5, 5.41) is 0. The molecule has 72 valence electrons. The molecule has 1 aromatic heterocycles. The van der Waals surface area contributed by atoms with Crippen LogP contribution in [0.2, 0.25) is 0 Å². The van der Waals surface area contributed by atoms with Gasteiger partial charge in [0.05, 0.1) is 0 Å². The first-order valence-electron chi connectivity index (χ1n) is 5.48. The van der Waals surface area contributed by atoms with Gasteiger partial charge in [0.25, 0.3) is 0 Å². The van der Waals surface area contributed by atoms with E-state index < -0.39 is 0 Å². The summed E-state index contributed by atoms with van der Waals surface area (Å²) in [6.07, 6.45) is 7.86. The maximum atomic E-state index is 5.77. The summed E-state index contributed by atoms with van der Waals surface area (Å²) in [4.78, 5) is 0. The lowest BCUT2D eigenvalue weighted by atomic mass is 9.88. The third-order valence-electron chi connectivity index (χ3n) is 3.04. The second kappa shape index (κ2) is 3.99. The molecule has 0 aliphatic heterocycles. The van der Waals surface area contributed by atoms with E-state index in [-0.39, 0.29) is 0 Å². The number of furan rings is 1. The smallest absolute Gasteiger partial charge is 0.107 e. The van der Waals surface area contributed by atoms with E-state index in [1.807, 2.05) is 0 Å². The average Bonchev–Trinajstić information content (AvgIpc) is 2.67. The monoisotopic (exact) mass is 178 g/mol. The summed E-state index contributed by atoms with van der Waals surface area (Å²) in [5.41, 5.74) is 0. The van der Waals surface area contributed by atoms with E-state index in [0.717, 1.165) is 12.2 Å². The summed E-state index contributed by atoms with van der Waals surface area (Å²) in [7, 11) is 0. The first-order chi connectivity index (χ1) is 6.40. The fourth-order valence-electron chi connectivity index (χ4n) is 2.19. The topological polar surface area (TPSA) is 13.1 Å². The van der Waals surface area contributed by atoms with Crippen molar-refractivity contribution in [1.29, 1.82) is 0 Å². The van der Waals surface area contributed by atoms with Crippen molar-refractivity contribution >= 4 is 0 Å². The van der Waals surface area contributed by atoms with Gasteiger partial charge in [0.15, 0.2) is 0 Å². The van der Waals surface area contributed by atoms with Crippen molar-refractivity contribution in [2.75, 3.05) is 0 Å². The van der Waals surface area contributed by atoms with Crippen LogP contribution in [0, 0.1) is 0 Å². The van der Waals surface area contributed by atoms with E-state index in [1.165, 1.54) is 37.9 Å². The highest BCUT2D eigenvalue weighted by atomic mass is 16.3. The molecule has 1 heteroatoms. The molecule has 0 unspecified atom stereocenters. The zero-order valence-corrected chi connectivity index (χ0v) is 8.38. The minimum absolute atomic E-state index is 0.717. The number of hydrogen-bond donors (Lipinski definition) is 0. The average molecular weight is 178 g/mol. The van der Waals surface area contributed by atoms with Gasteiger partial charge in [-0.2, -0.15) is 0 Å². The molecule has 1 aromatic rings. The summed E-state index contributed by atoms with van der Waals surface area (Å²) >= 11 is 0. The molecule has 0 aromatic carbocycles. The molecule has 0 amide bonds. The lowest BCUT2D eigenvalue weighted by Gasteiger charge is -2.19. The van der Waals surface area contributed by atoms with Crippen LogP contribution >= 0.6 is 0 Å². The Bertz CT molecular complexity index is 256. The van der Waals surface area contributed by atoms with Crippen LogP contribution in [0.4, 0.5) is 0 Å². The molecule has 0 saturated heterocycles. The molecule has 0 bridgehead atoms. The zero-order chi connectivity index (χ0) is 9.10. The first kappa shape index (κ1) is 8.86. The van der Waals surface area contributed by atoms with Gasteiger partial charge in [0.1, 0.15) is 11.5 Å². The first-order valence-corrected chi connectivity index (χ1v) is 5.48. The summed E-state index contributed by atoms with van der Waals surface area (Å²) in [5.74, 6) is 3.09. The predicted molar refractivity (Wildman–Crippen MR) is 53.9 cm³/mol. The molecular formula is C12H18O. The summed E-state index contributed by atoms with van der Waals surface area (Å²) in [6, 6.07) is 4.30. The van der Waals surface area contributed by atoms with Gasteiger partial charge in [-0.1, -0.05) is 26.2 Å². The molecule has 0 spiro atoms. The van der Waals surface area contributed by atoms with E-state index in [2.05, 4.69) is 19.1 Å². The normalized spacial score (nSPS) is 19.2. The lowest BCUT2D eigenvalue weighted by molar-refractivity contribution is 0.363. The Kier molecular flexibility index (Phi) is 2.72. The van der Waals surface area contributed by atoms with Crippen LogP contribution in [0.1, 0.15) is 56.5 Å². The molecule has 1 fully saturated rings. The number of aryl methyl sites for hydroxylation is 1. The Morgan fingerprint density at radius 3 is 2.62 bits per heavy atom. The Labute approximate surface area is 80.1 Å². The van der Waals surface area contributed by atoms with Crippen molar-refractivity contribution in [1.82, 2.24) is 0 Å². The molecular weight excluding hydrogens is 160 g/mol. The molecule has 1 saturated carbocycles. The molecule has 0 atom stereocenters.